The first kappa shape index (κ1) is 11.0. The summed E-state index contributed by atoms with van der Waals surface area (Å²) in [6.07, 6.45) is 1.69. The Morgan fingerprint density at radius 3 is 2.75 bits per heavy atom. The third-order valence-electron chi connectivity index (χ3n) is 3.26. The van der Waals surface area contributed by atoms with Gasteiger partial charge in [-0.15, -0.1) is 0 Å². The number of fused-ring (bicyclic) bond motifs is 2. The zero-order chi connectivity index (χ0) is 13.5. The normalized spacial score (nSPS) is 12.8. The van der Waals surface area contributed by atoms with Gasteiger partial charge >= 0.3 is 0 Å². The van der Waals surface area contributed by atoms with Crippen molar-refractivity contribution in [3.05, 3.63) is 52.8 Å². The Balaban J connectivity index is 1.98. The van der Waals surface area contributed by atoms with Gasteiger partial charge in [0.05, 0.1) is 16.9 Å². The van der Waals surface area contributed by atoms with E-state index in [1.165, 1.54) is 0 Å². The molecular formula is C15H10N2O3. The second kappa shape index (κ2) is 4.09. The van der Waals surface area contributed by atoms with Crippen molar-refractivity contribution in [2.45, 2.75) is 0 Å². The standard InChI is InChI=1S/C15H10N2O3/c18-13-6-12(10-3-1-2-4-16-10)17-11-7-15-14(5-9(11)13)19-8-20-15/h1-7H,8H2,(H,17,18). The van der Waals surface area contributed by atoms with Crippen molar-refractivity contribution in [3.63, 3.8) is 0 Å². The molecule has 0 spiro atoms. The van der Waals surface area contributed by atoms with Crippen molar-refractivity contribution in [1.29, 1.82) is 0 Å². The Morgan fingerprint density at radius 2 is 1.95 bits per heavy atom. The van der Waals surface area contributed by atoms with Gasteiger partial charge in [-0.25, -0.2) is 0 Å². The lowest BCUT2D eigenvalue weighted by Gasteiger charge is -2.05. The summed E-state index contributed by atoms with van der Waals surface area (Å²) < 4.78 is 10.6. The first-order valence-corrected chi connectivity index (χ1v) is 6.19. The maximum atomic E-state index is 12.2. The van der Waals surface area contributed by atoms with Crippen LogP contribution in [0.15, 0.2) is 47.4 Å². The van der Waals surface area contributed by atoms with Gasteiger partial charge in [0.15, 0.2) is 16.9 Å². The minimum atomic E-state index is -0.0716. The largest absolute Gasteiger partial charge is 0.454 e. The SMILES string of the molecule is O=c1cc(-c2ccccn2)[nH]c2cc3c(cc12)OCO3. The molecule has 1 aliphatic rings. The Labute approximate surface area is 113 Å². The molecular weight excluding hydrogens is 256 g/mol. The van der Waals surface area contributed by atoms with Crippen molar-refractivity contribution >= 4 is 10.9 Å². The van der Waals surface area contributed by atoms with Crippen molar-refractivity contribution in [2.75, 3.05) is 6.79 Å². The van der Waals surface area contributed by atoms with E-state index in [4.69, 9.17) is 9.47 Å². The summed E-state index contributed by atoms with van der Waals surface area (Å²) in [5.74, 6) is 1.25. The van der Waals surface area contributed by atoms with Crippen LogP contribution in [0.2, 0.25) is 0 Å². The summed E-state index contributed by atoms with van der Waals surface area (Å²) in [6, 6.07) is 10.6. The summed E-state index contributed by atoms with van der Waals surface area (Å²) >= 11 is 0. The van der Waals surface area contributed by atoms with Gasteiger partial charge in [-0.2, -0.15) is 0 Å². The summed E-state index contributed by atoms with van der Waals surface area (Å²) in [5, 5.41) is 0.578. The van der Waals surface area contributed by atoms with E-state index in [0.29, 0.717) is 28.1 Å². The van der Waals surface area contributed by atoms with Crippen LogP contribution in [0.3, 0.4) is 0 Å². The van der Waals surface area contributed by atoms with Crippen LogP contribution < -0.4 is 14.9 Å². The molecule has 0 atom stereocenters. The molecule has 0 radical (unpaired) electrons. The molecule has 5 nitrogen and oxygen atoms in total. The maximum Gasteiger partial charge on any atom is 0.231 e. The van der Waals surface area contributed by atoms with Crippen LogP contribution in [0.1, 0.15) is 0 Å². The fourth-order valence-corrected chi connectivity index (χ4v) is 2.30. The average Bonchev–Trinajstić information content (AvgIpc) is 2.93. The smallest absolute Gasteiger partial charge is 0.231 e. The minimum Gasteiger partial charge on any atom is -0.454 e. The lowest BCUT2D eigenvalue weighted by atomic mass is 10.1. The first-order chi connectivity index (χ1) is 9.81. The second-order valence-corrected chi connectivity index (χ2v) is 4.51. The van der Waals surface area contributed by atoms with Crippen molar-refractivity contribution < 1.29 is 9.47 Å². The predicted octanol–water partition coefficient (Wildman–Crippen LogP) is 2.32. The Morgan fingerprint density at radius 1 is 1.10 bits per heavy atom. The van der Waals surface area contributed by atoms with Crippen LogP contribution in [0.5, 0.6) is 11.5 Å². The molecule has 2 aromatic heterocycles. The fourth-order valence-electron chi connectivity index (χ4n) is 2.30. The minimum absolute atomic E-state index is 0.0716. The van der Waals surface area contributed by atoms with Crippen molar-refractivity contribution in [1.82, 2.24) is 9.97 Å². The van der Waals surface area contributed by atoms with Gasteiger partial charge in [-0.3, -0.25) is 9.78 Å². The highest BCUT2D eigenvalue weighted by Crippen LogP contribution is 2.34. The lowest BCUT2D eigenvalue weighted by molar-refractivity contribution is 0.174. The summed E-state index contributed by atoms with van der Waals surface area (Å²) in [4.78, 5) is 19.7. The van der Waals surface area contributed by atoms with Crippen LogP contribution >= 0.6 is 0 Å². The van der Waals surface area contributed by atoms with Crippen LogP contribution in [0.25, 0.3) is 22.3 Å². The van der Waals surface area contributed by atoms with Crippen LogP contribution in [-0.2, 0) is 0 Å². The van der Waals surface area contributed by atoms with Gasteiger partial charge in [-0.05, 0) is 18.2 Å². The third-order valence-corrected chi connectivity index (χ3v) is 3.26. The molecule has 1 aliphatic heterocycles. The van der Waals surface area contributed by atoms with E-state index in [2.05, 4.69) is 9.97 Å². The molecule has 4 rings (SSSR count). The number of aromatic amines is 1. The van der Waals surface area contributed by atoms with Crippen LogP contribution in [0, 0.1) is 0 Å². The monoisotopic (exact) mass is 266 g/mol. The van der Waals surface area contributed by atoms with Crippen molar-refractivity contribution in [3.8, 4) is 22.9 Å². The summed E-state index contributed by atoms with van der Waals surface area (Å²) in [7, 11) is 0. The second-order valence-electron chi connectivity index (χ2n) is 4.51. The number of aromatic nitrogens is 2. The zero-order valence-corrected chi connectivity index (χ0v) is 10.4. The molecule has 3 heterocycles. The molecule has 0 saturated heterocycles. The highest BCUT2D eigenvalue weighted by Gasteiger charge is 2.16. The number of nitrogens with zero attached hydrogens (tertiary/aromatic N) is 1. The van der Waals surface area contributed by atoms with E-state index in [1.54, 1.807) is 24.4 Å². The van der Waals surface area contributed by atoms with Gasteiger partial charge in [0.25, 0.3) is 0 Å². The Hall–Kier alpha value is -2.82. The maximum absolute atomic E-state index is 12.2. The molecule has 98 valence electrons. The number of pyridine rings is 2. The Bertz CT molecular complexity index is 856. The molecule has 1 N–H and O–H groups in total. The van der Waals surface area contributed by atoms with E-state index in [9.17, 15) is 4.79 Å². The van der Waals surface area contributed by atoms with E-state index in [0.717, 1.165) is 5.69 Å². The van der Waals surface area contributed by atoms with E-state index in [-0.39, 0.29) is 12.2 Å². The molecule has 0 fully saturated rings. The highest BCUT2D eigenvalue weighted by molar-refractivity contribution is 5.84. The van der Waals surface area contributed by atoms with Gasteiger partial charge in [-0.1, -0.05) is 6.07 Å². The predicted molar refractivity (Wildman–Crippen MR) is 73.9 cm³/mol. The van der Waals surface area contributed by atoms with Gasteiger partial charge < -0.3 is 14.5 Å². The topological polar surface area (TPSA) is 64.2 Å². The molecule has 0 unspecified atom stereocenters. The molecule has 3 aromatic rings. The average molecular weight is 266 g/mol. The zero-order valence-electron chi connectivity index (χ0n) is 10.4. The van der Waals surface area contributed by atoms with Crippen LogP contribution in [-0.4, -0.2) is 16.8 Å². The lowest BCUT2D eigenvalue weighted by Crippen LogP contribution is -2.03. The number of ether oxygens (including phenoxy) is 2. The molecule has 0 amide bonds. The molecule has 0 bridgehead atoms. The Kier molecular flexibility index (Phi) is 2.26. The highest BCUT2D eigenvalue weighted by atomic mass is 16.7. The molecule has 5 heteroatoms. The van der Waals surface area contributed by atoms with Gasteiger partial charge in [0.1, 0.15) is 0 Å². The third kappa shape index (κ3) is 1.64. The summed E-state index contributed by atoms with van der Waals surface area (Å²) in [6.45, 7) is 0.187. The quantitative estimate of drug-likeness (QED) is 0.734. The van der Waals surface area contributed by atoms with Gasteiger partial charge in [0, 0.05) is 23.7 Å². The number of hydrogen-bond acceptors (Lipinski definition) is 4. The number of nitrogens with one attached hydrogen (secondary N) is 1. The van der Waals surface area contributed by atoms with Crippen LogP contribution in [0.4, 0.5) is 0 Å². The first-order valence-electron chi connectivity index (χ1n) is 6.19. The van der Waals surface area contributed by atoms with Crippen molar-refractivity contribution in [2.24, 2.45) is 0 Å². The number of rotatable bonds is 1. The van der Waals surface area contributed by atoms with E-state index in [1.807, 2.05) is 18.2 Å². The van der Waals surface area contributed by atoms with Gasteiger partial charge in [0.2, 0.25) is 6.79 Å². The van der Waals surface area contributed by atoms with E-state index < -0.39 is 0 Å². The number of hydrogen-bond donors (Lipinski definition) is 1. The fraction of sp³-hybridized carbons (Fsp3) is 0.0667. The summed E-state index contributed by atoms with van der Waals surface area (Å²) in [5.41, 5.74) is 2.05. The molecule has 0 saturated carbocycles. The molecule has 1 aromatic carbocycles. The van der Waals surface area contributed by atoms with E-state index >= 15 is 0 Å². The molecule has 0 aliphatic carbocycles. The number of benzene rings is 1. The molecule has 20 heavy (non-hydrogen) atoms. The number of H-pyrrole nitrogens is 1.